The first-order valence-corrected chi connectivity index (χ1v) is 8.77. The average molecular weight is 386 g/mol. The fourth-order valence-corrected chi connectivity index (χ4v) is 3.04. The number of rotatable bonds is 5. The van der Waals surface area contributed by atoms with Gasteiger partial charge in [0.05, 0.1) is 11.7 Å². The van der Waals surface area contributed by atoms with Crippen LogP contribution >= 0.6 is 0 Å². The Morgan fingerprint density at radius 2 is 2.07 bits per heavy atom. The summed E-state index contributed by atoms with van der Waals surface area (Å²) in [5.41, 5.74) is 2.38. The average Bonchev–Trinajstić information content (AvgIpc) is 3.20. The summed E-state index contributed by atoms with van der Waals surface area (Å²) in [6.45, 7) is 2.54. The molecule has 3 aromatic rings. The molecule has 1 aliphatic heterocycles. The van der Waals surface area contributed by atoms with E-state index in [1.807, 2.05) is 0 Å². The molecule has 0 spiro atoms. The number of hydrogen-bond acceptors (Lipinski definition) is 6. The van der Waals surface area contributed by atoms with E-state index in [1.165, 1.54) is 16.8 Å². The van der Waals surface area contributed by atoms with E-state index < -0.39 is 6.10 Å². The minimum absolute atomic E-state index is 0.134. The molecule has 0 unspecified atom stereocenters. The topological polar surface area (TPSA) is 93.6 Å². The lowest BCUT2D eigenvalue weighted by molar-refractivity contribution is 0.00517. The highest BCUT2D eigenvalue weighted by Crippen LogP contribution is 2.27. The van der Waals surface area contributed by atoms with Crippen molar-refractivity contribution in [3.63, 3.8) is 0 Å². The highest BCUT2D eigenvalue weighted by Gasteiger charge is 2.31. The van der Waals surface area contributed by atoms with Crippen molar-refractivity contribution in [2.24, 2.45) is 7.05 Å². The van der Waals surface area contributed by atoms with Crippen molar-refractivity contribution in [3.8, 4) is 17.1 Å². The molecule has 1 fully saturated rings. The molecule has 0 atom stereocenters. The van der Waals surface area contributed by atoms with E-state index >= 15 is 0 Å². The number of ether oxygens (including phenoxy) is 1. The van der Waals surface area contributed by atoms with E-state index in [-0.39, 0.29) is 24.2 Å². The third-order valence-corrected chi connectivity index (χ3v) is 4.69. The molecule has 2 aromatic heterocycles. The number of likely N-dealkylation sites (tertiary alicyclic amines) is 1. The minimum Gasteiger partial charge on any atom is -0.471 e. The maximum atomic E-state index is 13.2. The molecule has 9 heteroatoms. The number of amides is 1. The number of aromatic nitrogens is 3. The molecule has 28 heavy (non-hydrogen) atoms. The summed E-state index contributed by atoms with van der Waals surface area (Å²) in [7, 11) is 1.66. The minimum atomic E-state index is -0.464. The van der Waals surface area contributed by atoms with Crippen LogP contribution in [-0.2, 0) is 13.7 Å². The quantitative estimate of drug-likeness (QED) is 0.720. The van der Waals surface area contributed by atoms with Crippen molar-refractivity contribution >= 4 is 5.91 Å². The second-order valence-corrected chi connectivity index (χ2v) is 6.72. The first kappa shape index (κ1) is 18.2. The van der Waals surface area contributed by atoms with Crippen molar-refractivity contribution in [3.05, 3.63) is 53.2 Å². The van der Waals surface area contributed by atoms with Crippen LogP contribution in [0.2, 0.25) is 0 Å². The second-order valence-electron chi connectivity index (χ2n) is 6.72. The van der Waals surface area contributed by atoms with Crippen LogP contribution in [-0.4, -0.2) is 50.0 Å². The molecule has 8 nitrogen and oxygen atoms in total. The molecule has 0 bridgehead atoms. The Balaban J connectivity index is 1.50. The van der Waals surface area contributed by atoms with E-state index in [0.717, 1.165) is 5.56 Å². The van der Waals surface area contributed by atoms with Crippen molar-refractivity contribution in [2.45, 2.75) is 19.6 Å². The summed E-state index contributed by atoms with van der Waals surface area (Å²) in [4.78, 5) is 13.9. The normalized spacial score (nSPS) is 14.2. The predicted octanol–water partition coefficient (Wildman–Crippen LogP) is 1.92. The van der Waals surface area contributed by atoms with Gasteiger partial charge in [0.15, 0.2) is 0 Å². The monoisotopic (exact) mass is 386 g/mol. The third kappa shape index (κ3) is 3.36. The molecule has 1 N–H and O–H groups in total. The van der Waals surface area contributed by atoms with E-state index in [2.05, 4.69) is 10.3 Å². The summed E-state index contributed by atoms with van der Waals surface area (Å²) in [5, 5.41) is 17.6. The molecular weight excluding hydrogens is 367 g/mol. The lowest BCUT2D eigenvalue weighted by Crippen LogP contribution is -2.53. The Bertz CT molecular complexity index is 1010. The number of aliphatic hydroxyl groups excluding tert-OH is 1. The fourth-order valence-electron chi connectivity index (χ4n) is 3.04. The molecule has 0 radical (unpaired) electrons. The Morgan fingerprint density at radius 1 is 1.36 bits per heavy atom. The Kier molecular flexibility index (Phi) is 4.60. The van der Waals surface area contributed by atoms with Crippen molar-refractivity contribution in [2.75, 3.05) is 13.1 Å². The predicted molar refractivity (Wildman–Crippen MR) is 96.1 cm³/mol. The van der Waals surface area contributed by atoms with Gasteiger partial charge < -0.3 is 19.3 Å². The molecule has 4 rings (SSSR count). The van der Waals surface area contributed by atoms with Gasteiger partial charge in [0.25, 0.3) is 5.91 Å². The molecule has 0 saturated carbocycles. The van der Waals surface area contributed by atoms with Crippen LogP contribution < -0.4 is 4.74 Å². The molecule has 1 aromatic carbocycles. The van der Waals surface area contributed by atoms with Gasteiger partial charge >= 0.3 is 0 Å². The Labute approximate surface area is 160 Å². The lowest BCUT2D eigenvalue weighted by Gasteiger charge is -2.35. The summed E-state index contributed by atoms with van der Waals surface area (Å²) in [6, 6.07) is 7.51. The number of carbonyl (C=O) groups excluding carboxylic acids is 1. The number of halogens is 1. The number of carbonyl (C=O) groups is 1. The number of hydrogen-bond donors (Lipinski definition) is 1. The van der Waals surface area contributed by atoms with Gasteiger partial charge in [-0.2, -0.15) is 0 Å². The molecular formula is C19H19FN4O4. The lowest BCUT2D eigenvalue weighted by atomic mass is 10.1. The number of nitrogens with zero attached hydrogens (tertiary/aromatic N) is 4. The number of aliphatic hydroxyl groups is 1. The molecule has 1 amide bonds. The first-order valence-electron chi connectivity index (χ1n) is 8.77. The zero-order valence-electron chi connectivity index (χ0n) is 15.4. The Morgan fingerprint density at radius 3 is 2.75 bits per heavy atom. The summed E-state index contributed by atoms with van der Waals surface area (Å²) >= 11 is 0. The van der Waals surface area contributed by atoms with Crippen LogP contribution in [0.1, 0.15) is 21.8 Å². The van der Waals surface area contributed by atoms with Crippen LogP contribution in [0.3, 0.4) is 0 Å². The van der Waals surface area contributed by atoms with Gasteiger partial charge in [0.1, 0.15) is 29.6 Å². The molecule has 146 valence electrons. The second kappa shape index (κ2) is 7.08. The molecule has 3 heterocycles. The van der Waals surface area contributed by atoms with Gasteiger partial charge in [-0.3, -0.25) is 9.48 Å². The van der Waals surface area contributed by atoms with Gasteiger partial charge in [0, 0.05) is 31.8 Å². The molecule has 0 aliphatic carbocycles. The third-order valence-electron chi connectivity index (χ3n) is 4.69. The highest BCUT2D eigenvalue weighted by molar-refractivity contribution is 5.93. The first-order chi connectivity index (χ1) is 13.4. The van der Waals surface area contributed by atoms with Crippen molar-refractivity contribution < 1.29 is 23.6 Å². The SMILES string of the molecule is Cc1onc(-c2ccc(F)cc2)c1COc1cc(C(=O)N2CC(O)C2)n(C)n1. The summed E-state index contributed by atoms with van der Waals surface area (Å²) in [5.74, 6) is 0.337. The van der Waals surface area contributed by atoms with Gasteiger partial charge in [-0.1, -0.05) is 5.16 Å². The number of β-amino-alcohol motifs (C(OH)–C–C–N with tert-alkyl or cyclic N) is 1. The van der Waals surface area contributed by atoms with Crippen molar-refractivity contribution in [1.29, 1.82) is 0 Å². The standard InChI is InChI=1S/C19H19FN4O4/c1-11-15(18(22-28-11)12-3-5-13(20)6-4-12)10-27-17-7-16(23(2)21-17)19(26)24-8-14(25)9-24/h3-7,14,25H,8-10H2,1-2H3. The maximum Gasteiger partial charge on any atom is 0.272 e. The van der Waals surface area contributed by atoms with E-state index in [0.29, 0.717) is 35.8 Å². The van der Waals surface area contributed by atoms with E-state index in [9.17, 15) is 14.3 Å². The number of benzene rings is 1. The largest absolute Gasteiger partial charge is 0.471 e. The smallest absolute Gasteiger partial charge is 0.272 e. The van der Waals surface area contributed by atoms with Crippen molar-refractivity contribution in [1.82, 2.24) is 19.8 Å². The van der Waals surface area contributed by atoms with Gasteiger partial charge in [-0.25, -0.2) is 4.39 Å². The zero-order valence-corrected chi connectivity index (χ0v) is 15.4. The van der Waals surface area contributed by atoms with Crippen LogP contribution in [0, 0.1) is 12.7 Å². The van der Waals surface area contributed by atoms with Gasteiger partial charge in [0.2, 0.25) is 5.88 Å². The van der Waals surface area contributed by atoms with E-state index in [4.69, 9.17) is 9.26 Å². The van der Waals surface area contributed by atoms with Crippen LogP contribution in [0.4, 0.5) is 4.39 Å². The Hall–Kier alpha value is -3.20. The van der Waals surface area contributed by atoms with Crippen LogP contribution in [0.5, 0.6) is 5.88 Å². The van der Waals surface area contributed by atoms with E-state index in [1.54, 1.807) is 37.1 Å². The molecule has 1 saturated heterocycles. The maximum absolute atomic E-state index is 13.2. The highest BCUT2D eigenvalue weighted by atomic mass is 19.1. The van der Waals surface area contributed by atoms with Crippen LogP contribution in [0.15, 0.2) is 34.9 Å². The van der Waals surface area contributed by atoms with Gasteiger partial charge in [-0.05, 0) is 31.2 Å². The zero-order chi connectivity index (χ0) is 19.8. The van der Waals surface area contributed by atoms with Gasteiger partial charge in [-0.15, -0.1) is 5.10 Å². The number of aryl methyl sites for hydroxylation is 2. The van der Waals surface area contributed by atoms with Crippen LogP contribution in [0.25, 0.3) is 11.3 Å². The summed E-state index contributed by atoms with van der Waals surface area (Å²) in [6.07, 6.45) is -0.464. The summed E-state index contributed by atoms with van der Waals surface area (Å²) < 4.78 is 25.6. The molecule has 1 aliphatic rings. The fraction of sp³-hybridized carbons (Fsp3) is 0.316.